The van der Waals surface area contributed by atoms with E-state index in [4.69, 9.17) is 4.74 Å². The Labute approximate surface area is 190 Å². The number of thiophene rings is 1. The number of aliphatic hydroxyl groups is 2. The Morgan fingerprint density at radius 3 is 2.58 bits per heavy atom. The number of piperidine rings is 1. The summed E-state index contributed by atoms with van der Waals surface area (Å²) in [4.78, 5) is 5.50. The van der Waals surface area contributed by atoms with Gasteiger partial charge in [0.25, 0.3) is 0 Å². The Kier molecular flexibility index (Phi) is 8.32. The van der Waals surface area contributed by atoms with E-state index in [0.29, 0.717) is 6.54 Å². The summed E-state index contributed by atoms with van der Waals surface area (Å²) in [6.07, 6.45) is 8.19. The van der Waals surface area contributed by atoms with E-state index in [1.807, 2.05) is 49.2 Å². The van der Waals surface area contributed by atoms with Gasteiger partial charge in [0.15, 0.2) is 0 Å². The molecule has 31 heavy (non-hydrogen) atoms. The van der Waals surface area contributed by atoms with E-state index in [-0.39, 0.29) is 18.8 Å². The molecule has 2 aliphatic heterocycles. The van der Waals surface area contributed by atoms with Gasteiger partial charge in [-0.15, -0.1) is 11.3 Å². The van der Waals surface area contributed by atoms with E-state index in [1.165, 1.54) is 16.0 Å². The second-order valence-corrected chi connectivity index (χ2v) is 10.2. The molecule has 1 spiro atoms. The molecule has 4 heterocycles. The number of fused-ring (bicyclic) bond motifs is 2. The fraction of sp³-hybridized carbons (Fsp3) is 0.708. The Bertz CT molecular complexity index is 820. The molecule has 0 saturated carbocycles. The third-order valence-corrected chi connectivity index (χ3v) is 7.81. The third kappa shape index (κ3) is 5.40. The fourth-order valence-corrected chi connectivity index (χ4v) is 5.68. The molecular weight excluding hydrogens is 410 g/mol. The maximum absolute atomic E-state index is 9.50. The van der Waals surface area contributed by atoms with Gasteiger partial charge in [0.2, 0.25) is 0 Å². The zero-order valence-electron chi connectivity index (χ0n) is 19.6. The lowest BCUT2D eigenvalue weighted by molar-refractivity contribution is -0.0981. The lowest BCUT2D eigenvalue weighted by Crippen LogP contribution is -2.45. The van der Waals surface area contributed by atoms with Crippen LogP contribution in [0.4, 0.5) is 0 Å². The molecule has 2 N–H and O–H groups in total. The minimum atomic E-state index is -0.547. The standard InChI is InChI=1S/C22H33N3O3S.C2H6/c1-3-18-10-19-20(29-18)4-9-28-22(19)5-7-24(8-6-22)12-17-11-23-25(13-17)14-21(2,15-26)16-27;1-2/h10-11,13,26-27H,3-9,12,14-16H2,1-2H3;1-2H3. The van der Waals surface area contributed by atoms with E-state index in [1.54, 1.807) is 4.88 Å². The van der Waals surface area contributed by atoms with Crippen molar-refractivity contribution >= 4 is 11.3 Å². The topological polar surface area (TPSA) is 70.8 Å². The first-order valence-corrected chi connectivity index (χ1v) is 12.5. The van der Waals surface area contributed by atoms with Crippen LogP contribution in [0.25, 0.3) is 0 Å². The number of likely N-dealkylation sites (tertiary alicyclic amines) is 1. The number of aromatic nitrogens is 2. The van der Waals surface area contributed by atoms with Gasteiger partial charge in [-0.05, 0) is 30.9 Å². The van der Waals surface area contributed by atoms with Gasteiger partial charge in [0.05, 0.1) is 38.2 Å². The van der Waals surface area contributed by atoms with Crippen LogP contribution in [-0.2, 0) is 36.3 Å². The summed E-state index contributed by atoms with van der Waals surface area (Å²) in [6.45, 7) is 12.3. The smallest absolute Gasteiger partial charge is 0.0966 e. The van der Waals surface area contributed by atoms with E-state index < -0.39 is 5.41 Å². The monoisotopic (exact) mass is 449 g/mol. The van der Waals surface area contributed by atoms with Gasteiger partial charge in [-0.2, -0.15) is 5.10 Å². The normalized spacial score (nSPS) is 18.5. The van der Waals surface area contributed by atoms with Crippen molar-refractivity contribution in [1.29, 1.82) is 0 Å². The van der Waals surface area contributed by atoms with E-state index >= 15 is 0 Å². The summed E-state index contributed by atoms with van der Waals surface area (Å²) in [5.41, 5.74) is 2.01. The maximum atomic E-state index is 9.50. The van der Waals surface area contributed by atoms with Crippen molar-refractivity contribution in [3.05, 3.63) is 39.3 Å². The van der Waals surface area contributed by atoms with Crippen molar-refractivity contribution in [1.82, 2.24) is 14.7 Å². The molecule has 0 bridgehead atoms. The Morgan fingerprint density at radius 2 is 1.94 bits per heavy atom. The number of aliphatic hydroxyl groups excluding tert-OH is 2. The minimum Gasteiger partial charge on any atom is -0.396 e. The third-order valence-electron chi connectivity index (χ3n) is 6.47. The van der Waals surface area contributed by atoms with Crippen molar-refractivity contribution in [3.8, 4) is 0 Å². The molecular formula is C24H39N3O3S. The summed E-state index contributed by atoms with van der Waals surface area (Å²) < 4.78 is 8.22. The molecule has 0 aliphatic carbocycles. The van der Waals surface area contributed by atoms with Crippen molar-refractivity contribution in [2.45, 2.75) is 72.1 Å². The van der Waals surface area contributed by atoms with Crippen molar-refractivity contribution < 1.29 is 14.9 Å². The van der Waals surface area contributed by atoms with Crippen LogP contribution in [0.2, 0.25) is 0 Å². The largest absolute Gasteiger partial charge is 0.396 e. The maximum Gasteiger partial charge on any atom is 0.0966 e. The molecule has 4 rings (SSSR count). The van der Waals surface area contributed by atoms with Gasteiger partial charge in [-0.1, -0.05) is 27.7 Å². The molecule has 7 heteroatoms. The van der Waals surface area contributed by atoms with E-state index in [9.17, 15) is 10.2 Å². The van der Waals surface area contributed by atoms with Crippen LogP contribution in [0, 0.1) is 5.41 Å². The second-order valence-electron chi connectivity index (χ2n) is 8.95. The molecule has 0 atom stereocenters. The van der Waals surface area contributed by atoms with Crippen LogP contribution in [-0.4, -0.2) is 57.8 Å². The summed E-state index contributed by atoms with van der Waals surface area (Å²) in [5, 5.41) is 23.4. The zero-order chi connectivity index (χ0) is 22.5. The highest BCUT2D eigenvalue weighted by molar-refractivity contribution is 7.12. The van der Waals surface area contributed by atoms with Crippen LogP contribution in [0.1, 0.15) is 61.4 Å². The van der Waals surface area contributed by atoms with E-state index in [2.05, 4.69) is 23.0 Å². The highest BCUT2D eigenvalue weighted by Crippen LogP contribution is 2.44. The highest BCUT2D eigenvalue weighted by atomic mass is 32.1. The lowest BCUT2D eigenvalue weighted by Gasteiger charge is -2.44. The minimum absolute atomic E-state index is 0.0583. The van der Waals surface area contributed by atoms with Crippen molar-refractivity contribution in [2.24, 2.45) is 5.41 Å². The van der Waals surface area contributed by atoms with E-state index in [0.717, 1.165) is 51.9 Å². The first kappa shape index (κ1) is 24.4. The quantitative estimate of drug-likeness (QED) is 0.676. The van der Waals surface area contributed by atoms with Crippen LogP contribution in [0.5, 0.6) is 0 Å². The van der Waals surface area contributed by atoms with Crippen LogP contribution in [0.15, 0.2) is 18.5 Å². The number of aryl methyl sites for hydroxylation is 1. The fourth-order valence-electron chi connectivity index (χ4n) is 4.51. The molecule has 1 fully saturated rings. The van der Waals surface area contributed by atoms with Crippen LogP contribution in [0.3, 0.4) is 0 Å². The van der Waals surface area contributed by atoms with Gasteiger partial charge < -0.3 is 14.9 Å². The molecule has 2 aliphatic rings. The summed E-state index contributed by atoms with van der Waals surface area (Å²) >= 11 is 1.98. The van der Waals surface area contributed by atoms with Gasteiger partial charge >= 0.3 is 0 Å². The molecule has 0 aromatic carbocycles. The number of ether oxygens (including phenoxy) is 1. The average Bonchev–Trinajstić information content (AvgIpc) is 3.44. The predicted molar refractivity (Wildman–Crippen MR) is 125 cm³/mol. The van der Waals surface area contributed by atoms with Crippen molar-refractivity contribution in [3.63, 3.8) is 0 Å². The van der Waals surface area contributed by atoms with Gasteiger partial charge in [-0.25, -0.2) is 0 Å². The summed E-state index contributed by atoms with van der Waals surface area (Å²) in [5.74, 6) is 0. The highest BCUT2D eigenvalue weighted by Gasteiger charge is 2.41. The molecule has 0 unspecified atom stereocenters. The first-order valence-electron chi connectivity index (χ1n) is 11.7. The molecule has 2 aromatic rings. The Hall–Kier alpha value is -1.25. The SMILES string of the molecule is CC.CCc1cc2c(s1)CCOC21CCN(Cc2cnn(CC(C)(CO)CO)c2)CC1. The number of hydrogen-bond donors (Lipinski definition) is 2. The van der Waals surface area contributed by atoms with Crippen molar-refractivity contribution in [2.75, 3.05) is 32.9 Å². The molecule has 1 saturated heterocycles. The molecule has 6 nitrogen and oxygen atoms in total. The van der Waals surface area contributed by atoms with Gasteiger partial charge in [0, 0.05) is 53.0 Å². The van der Waals surface area contributed by atoms with Crippen LogP contribution < -0.4 is 0 Å². The zero-order valence-corrected chi connectivity index (χ0v) is 20.4. The Morgan fingerprint density at radius 1 is 1.23 bits per heavy atom. The summed E-state index contributed by atoms with van der Waals surface area (Å²) in [7, 11) is 0. The molecule has 174 valence electrons. The van der Waals surface area contributed by atoms with Gasteiger partial charge in [0.1, 0.15) is 0 Å². The van der Waals surface area contributed by atoms with Crippen LogP contribution >= 0.6 is 11.3 Å². The number of hydrogen-bond acceptors (Lipinski definition) is 6. The lowest BCUT2D eigenvalue weighted by atomic mass is 9.82. The molecule has 2 aromatic heterocycles. The molecule has 0 radical (unpaired) electrons. The number of rotatable bonds is 7. The first-order chi connectivity index (χ1) is 15.0. The van der Waals surface area contributed by atoms with Gasteiger partial charge in [-0.3, -0.25) is 9.58 Å². The predicted octanol–water partition coefficient (Wildman–Crippen LogP) is 3.59. The second kappa shape index (κ2) is 10.6. The number of nitrogens with zero attached hydrogens (tertiary/aromatic N) is 3. The molecule has 0 amide bonds. The Balaban J connectivity index is 0.00000132. The summed E-state index contributed by atoms with van der Waals surface area (Å²) in [6, 6.07) is 2.40. The average molecular weight is 450 g/mol.